The molecule has 1 aliphatic rings. The molecular weight excluding hydrogens is 378 g/mol. The maximum Gasteiger partial charge on any atom is 0.253 e. The number of methoxy groups -OCH3 is 1. The van der Waals surface area contributed by atoms with Crippen molar-refractivity contribution in [1.82, 2.24) is 9.21 Å². The van der Waals surface area contributed by atoms with Crippen LogP contribution in [0.25, 0.3) is 0 Å². The van der Waals surface area contributed by atoms with Crippen molar-refractivity contribution in [3.8, 4) is 5.75 Å². The number of anilines is 1. The summed E-state index contributed by atoms with van der Waals surface area (Å²) in [5.41, 5.74) is 1.35. The number of hydrogen-bond acceptors (Lipinski definition) is 5. The summed E-state index contributed by atoms with van der Waals surface area (Å²) in [7, 11) is 0.579. The Morgan fingerprint density at radius 3 is 2.54 bits per heavy atom. The summed E-state index contributed by atoms with van der Waals surface area (Å²) in [6.45, 7) is 1.18. The van der Waals surface area contributed by atoms with E-state index in [0.717, 1.165) is 16.4 Å². The third-order valence-corrected chi connectivity index (χ3v) is 6.63. The zero-order valence-corrected chi connectivity index (χ0v) is 17.1. The van der Waals surface area contributed by atoms with Gasteiger partial charge in [-0.1, -0.05) is 18.2 Å². The molecule has 1 aliphatic heterocycles. The van der Waals surface area contributed by atoms with Gasteiger partial charge in [-0.3, -0.25) is 4.79 Å². The number of carbonyl (C=O) groups is 1. The van der Waals surface area contributed by atoms with Crippen LogP contribution in [0.3, 0.4) is 0 Å². The molecule has 7 nitrogen and oxygen atoms in total. The van der Waals surface area contributed by atoms with E-state index in [9.17, 15) is 13.2 Å². The van der Waals surface area contributed by atoms with Crippen LogP contribution in [-0.4, -0.2) is 63.9 Å². The number of rotatable bonds is 6. The average Bonchev–Trinajstić information content (AvgIpc) is 3.16. The summed E-state index contributed by atoms with van der Waals surface area (Å²) in [4.78, 5) is 14.7. The van der Waals surface area contributed by atoms with Gasteiger partial charge in [0, 0.05) is 44.5 Å². The fraction of sp³-hybridized carbons (Fsp3) is 0.350. The van der Waals surface area contributed by atoms with Crippen molar-refractivity contribution in [2.45, 2.75) is 17.4 Å². The Hall–Kier alpha value is -2.58. The van der Waals surface area contributed by atoms with Crippen molar-refractivity contribution in [2.75, 3.05) is 39.6 Å². The molecule has 0 aromatic heterocycles. The second kappa shape index (κ2) is 8.20. The maximum absolute atomic E-state index is 12.9. The molecule has 1 unspecified atom stereocenters. The van der Waals surface area contributed by atoms with Crippen LogP contribution in [0.5, 0.6) is 5.75 Å². The van der Waals surface area contributed by atoms with Gasteiger partial charge in [-0.25, -0.2) is 12.7 Å². The second-order valence-electron chi connectivity index (χ2n) is 6.90. The van der Waals surface area contributed by atoms with Gasteiger partial charge < -0.3 is 15.0 Å². The van der Waals surface area contributed by atoms with Crippen molar-refractivity contribution in [3.63, 3.8) is 0 Å². The zero-order chi connectivity index (χ0) is 20.3. The van der Waals surface area contributed by atoms with Crippen molar-refractivity contribution in [1.29, 1.82) is 0 Å². The fourth-order valence-electron chi connectivity index (χ4n) is 3.22. The van der Waals surface area contributed by atoms with Crippen molar-refractivity contribution < 1.29 is 17.9 Å². The number of carbonyl (C=O) groups excluding carboxylic acids is 1. The number of hydrogen-bond donors (Lipinski definition) is 1. The number of para-hydroxylation sites is 1. The Morgan fingerprint density at radius 2 is 1.89 bits per heavy atom. The second-order valence-corrected chi connectivity index (χ2v) is 9.02. The predicted octanol–water partition coefficient (Wildman–Crippen LogP) is 2.27. The van der Waals surface area contributed by atoms with Gasteiger partial charge >= 0.3 is 0 Å². The van der Waals surface area contributed by atoms with Gasteiger partial charge in [0.05, 0.1) is 7.11 Å². The smallest absolute Gasteiger partial charge is 0.253 e. The molecule has 0 saturated carbocycles. The largest absolute Gasteiger partial charge is 0.495 e. The highest BCUT2D eigenvalue weighted by Gasteiger charge is 2.29. The number of nitrogens with one attached hydrogen (secondary N) is 1. The molecule has 3 rings (SSSR count). The number of likely N-dealkylation sites (tertiary alicyclic amines) is 1. The molecule has 0 radical (unpaired) electrons. The number of nitrogens with zero attached hydrogens (tertiary/aromatic N) is 2. The van der Waals surface area contributed by atoms with Gasteiger partial charge in [-0.15, -0.1) is 0 Å². The summed E-state index contributed by atoms with van der Waals surface area (Å²) in [5.74, 6) is 0.0329. The summed E-state index contributed by atoms with van der Waals surface area (Å²) >= 11 is 0. The molecule has 1 fully saturated rings. The molecule has 1 heterocycles. The van der Waals surface area contributed by atoms with Crippen LogP contribution in [0, 0.1) is 0 Å². The minimum Gasteiger partial charge on any atom is -0.495 e. The van der Waals surface area contributed by atoms with E-state index in [1.165, 1.54) is 33.3 Å². The lowest BCUT2D eigenvalue weighted by atomic mass is 10.2. The molecule has 1 atom stereocenters. The maximum atomic E-state index is 12.9. The average molecular weight is 404 g/mol. The van der Waals surface area contributed by atoms with Crippen LogP contribution in [0.2, 0.25) is 0 Å². The molecule has 2 aromatic carbocycles. The minimum atomic E-state index is -3.73. The highest BCUT2D eigenvalue weighted by atomic mass is 32.2. The van der Waals surface area contributed by atoms with Gasteiger partial charge in [0.15, 0.2) is 0 Å². The molecule has 1 N–H and O–H groups in total. The van der Waals surface area contributed by atoms with E-state index in [1.54, 1.807) is 11.0 Å². The van der Waals surface area contributed by atoms with Crippen molar-refractivity contribution in [3.05, 3.63) is 54.1 Å². The van der Waals surface area contributed by atoms with Gasteiger partial charge in [0.1, 0.15) is 10.6 Å². The Balaban J connectivity index is 1.78. The Labute approximate surface area is 166 Å². The molecule has 150 valence electrons. The lowest BCUT2D eigenvalue weighted by molar-refractivity contribution is 0.0791. The van der Waals surface area contributed by atoms with Crippen molar-refractivity contribution >= 4 is 21.6 Å². The third kappa shape index (κ3) is 4.13. The first kappa shape index (κ1) is 20.2. The highest BCUT2D eigenvalue weighted by molar-refractivity contribution is 7.89. The monoisotopic (exact) mass is 403 g/mol. The molecule has 28 heavy (non-hydrogen) atoms. The molecule has 1 saturated heterocycles. The first-order valence-electron chi connectivity index (χ1n) is 9.04. The van der Waals surface area contributed by atoms with Crippen LogP contribution in [0.4, 0.5) is 5.69 Å². The standard InChI is InChI=1S/C20H25N3O4S/c1-22(2)28(25,26)19-13-15(9-10-18(19)27-3)20(24)23-12-11-17(14-23)21-16-7-5-4-6-8-16/h4-10,13,17,21H,11-12,14H2,1-3H3. The van der Waals surface area contributed by atoms with Crippen LogP contribution < -0.4 is 10.1 Å². The summed E-state index contributed by atoms with van der Waals surface area (Å²) in [6, 6.07) is 14.6. The third-order valence-electron chi connectivity index (χ3n) is 4.79. The zero-order valence-electron chi connectivity index (χ0n) is 16.3. The van der Waals surface area contributed by atoms with E-state index < -0.39 is 10.0 Å². The number of ether oxygens (including phenoxy) is 1. The van der Waals surface area contributed by atoms with Crippen LogP contribution in [0.15, 0.2) is 53.4 Å². The van der Waals surface area contributed by atoms with Crippen LogP contribution >= 0.6 is 0 Å². The van der Waals surface area contributed by atoms with E-state index >= 15 is 0 Å². The van der Waals surface area contributed by atoms with E-state index in [2.05, 4.69) is 5.32 Å². The number of benzene rings is 2. The highest BCUT2D eigenvalue weighted by Crippen LogP contribution is 2.28. The lowest BCUT2D eigenvalue weighted by Gasteiger charge is -2.19. The SMILES string of the molecule is COc1ccc(C(=O)N2CCC(Nc3ccccc3)C2)cc1S(=O)(=O)N(C)C. The fourth-order valence-corrected chi connectivity index (χ4v) is 4.30. The van der Waals surface area contributed by atoms with Crippen LogP contribution in [-0.2, 0) is 10.0 Å². The van der Waals surface area contributed by atoms with Crippen LogP contribution in [0.1, 0.15) is 16.8 Å². The van der Waals surface area contributed by atoms with Gasteiger partial charge in [-0.05, 0) is 36.8 Å². The minimum absolute atomic E-state index is 0.0102. The van der Waals surface area contributed by atoms with E-state index in [0.29, 0.717) is 18.7 Å². The summed E-state index contributed by atoms with van der Waals surface area (Å²) in [6.07, 6.45) is 0.833. The predicted molar refractivity (Wildman–Crippen MR) is 108 cm³/mol. The Morgan fingerprint density at radius 1 is 1.18 bits per heavy atom. The lowest BCUT2D eigenvalue weighted by Crippen LogP contribution is -2.32. The Bertz CT molecular complexity index is 945. The first-order valence-corrected chi connectivity index (χ1v) is 10.5. The van der Waals surface area contributed by atoms with E-state index in [1.807, 2.05) is 30.3 Å². The topological polar surface area (TPSA) is 79.0 Å². The van der Waals surface area contributed by atoms with Gasteiger partial charge in [-0.2, -0.15) is 0 Å². The Kier molecular flexibility index (Phi) is 5.90. The summed E-state index contributed by atoms with van der Waals surface area (Å²) in [5, 5.41) is 3.43. The quantitative estimate of drug-likeness (QED) is 0.801. The van der Waals surface area contributed by atoms with Gasteiger partial charge in [0.25, 0.3) is 5.91 Å². The van der Waals surface area contributed by atoms with E-state index in [4.69, 9.17) is 4.74 Å². The molecule has 2 aromatic rings. The first-order chi connectivity index (χ1) is 13.3. The molecule has 0 bridgehead atoms. The molecule has 0 spiro atoms. The molecule has 8 heteroatoms. The van der Waals surface area contributed by atoms with E-state index in [-0.39, 0.29) is 22.6 Å². The molecular formula is C20H25N3O4S. The van der Waals surface area contributed by atoms with Gasteiger partial charge in [0.2, 0.25) is 10.0 Å². The molecule has 0 aliphatic carbocycles. The number of amides is 1. The normalized spacial score (nSPS) is 17.0. The number of sulfonamides is 1. The summed E-state index contributed by atoms with van der Waals surface area (Å²) < 4.78 is 31.4. The molecule has 1 amide bonds. The van der Waals surface area contributed by atoms with Crippen molar-refractivity contribution in [2.24, 2.45) is 0 Å².